The van der Waals surface area contributed by atoms with Crippen molar-refractivity contribution < 1.29 is 9.53 Å². The minimum absolute atomic E-state index is 0.109. The number of hydrogen-bond acceptors (Lipinski definition) is 5. The van der Waals surface area contributed by atoms with E-state index in [0.29, 0.717) is 25.4 Å². The first kappa shape index (κ1) is 15.2. The molecular formula is C16H24N4O2. The SMILES string of the molecule is Cc1cc(N)cc(C2CN(CC(=O)N3CCCC3)CCO2)n1. The number of aryl methyl sites for hydroxylation is 1. The van der Waals surface area contributed by atoms with Crippen molar-refractivity contribution >= 4 is 11.6 Å². The van der Waals surface area contributed by atoms with Crippen LogP contribution in [0.2, 0.25) is 0 Å². The number of anilines is 1. The number of carbonyl (C=O) groups is 1. The van der Waals surface area contributed by atoms with E-state index in [1.54, 1.807) is 0 Å². The number of pyridine rings is 1. The standard InChI is InChI=1S/C16H24N4O2/c1-12-8-13(17)9-14(18-12)15-10-19(6-7-22-15)11-16(21)20-4-2-3-5-20/h8-9,15H,2-7,10-11H2,1H3,(H2,17,18). The lowest BCUT2D eigenvalue weighted by atomic mass is 10.1. The predicted octanol–water partition coefficient (Wildman–Crippen LogP) is 0.968. The molecule has 3 rings (SSSR count). The number of nitrogens with zero attached hydrogens (tertiary/aromatic N) is 3. The summed E-state index contributed by atoms with van der Waals surface area (Å²) in [5.74, 6) is 0.231. The average molecular weight is 304 g/mol. The maximum absolute atomic E-state index is 12.3. The monoisotopic (exact) mass is 304 g/mol. The number of aromatic nitrogens is 1. The lowest BCUT2D eigenvalue weighted by Crippen LogP contribution is -2.45. The number of nitrogen functional groups attached to an aromatic ring is 1. The highest BCUT2D eigenvalue weighted by Gasteiger charge is 2.27. The molecule has 1 atom stereocenters. The number of likely N-dealkylation sites (tertiary alicyclic amines) is 1. The van der Waals surface area contributed by atoms with E-state index in [1.807, 2.05) is 24.0 Å². The molecular weight excluding hydrogens is 280 g/mol. The van der Waals surface area contributed by atoms with Crippen molar-refractivity contribution in [1.82, 2.24) is 14.8 Å². The van der Waals surface area contributed by atoms with Crippen molar-refractivity contribution in [3.8, 4) is 0 Å². The molecule has 22 heavy (non-hydrogen) atoms. The summed E-state index contributed by atoms with van der Waals surface area (Å²) in [6, 6.07) is 3.71. The summed E-state index contributed by atoms with van der Waals surface area (Å²) < 4.78 is 5.83. The molecule has 2 aliphatic heterocycles. The molecule has 120 valence electrons. The van der Waals surface area contributed by atoms with Crippen LogP contribution in [0.15, 0.2) is 12.1 Å². The van der Waals surface area contributed by atoms with Crippen molar-refractivity contribution in [1.29, 1.82) is 0 Å². The second-order valence-electron chi connectivity index (χ2n) is 6.15. The highest BCUT2D eigenvalue weighted by atomic mass is 16.5. The van der Waals surface area contributed by atoms with E-state index in [-0.39, 0.29) is 12.0 Å². The Balaban J connectivity index is 1.62. The van der Waals surface area contributed by atoms with Gasteiger partial charge in [0.1, 0.15) is 6.10 Å². The summed E-state index contributed by atoms with van der Waals surface area (Å²) in [4.78, 5) is 20.9. The number of nitrogens with two attached hydrogens (primary N) is 1. The minimum atomic E-state index is -0.109. The zero-order valence-corrected chi connectivity index (χ0v) is 13.1. The van der Waals surface area contributed by atoms with Crippen LogP contribution in [0.25, 0.3) is 0 Å². The topological polar surface area (TPSA) is 71.7 Å². The van der Waals surface area contributed by atoms with Gasteiger partial charge in [0.2, 0.25) is 5.91 Å². The van der Waals surface area contributed by atoms with Gasteiger partial charge in [0.15, 0.2) is 0 Å². The third-order valence-electron chi connectivity index (χ3n) is 4.29. The molecule has 2 N–H and O–H groups in total. The molecule has 1 aromatic rings. The van der Waals surface area contributed by atoms with Crippen molar-refractivity contribution in [2.75, 3.05) is 45.1 Å². The molecule has 0 aliphatic carbocycles. The predicted molar refractivity (Wildman–Crippen MR) is 84.3 cm³/mol. The second-order valence-corrected chi connectivity index (χ2v) is 6.15. The summed E-state index contributed by atoms with van der Waals surface area (Å²) >= 11 is 0. The number of ether oxygens (including phenoxy) is 1. The molecule has 0 aromatic carbocycles. The van der Waals surface area contributed by atoms with Gasteiger partial charge in [-0.3, -0.25) is 14.7 Å². The maximum Gasteiger partial charge on any atom is 0.236 e. The first-order valence-corrected chi connectivity index (χ1v) is 7.97. The first-order chi connectivity index (χ1) is 10.6. The molecule has 1 unspecified atom stereocenters. The van der Waals surface area contributed by atoms with E-state index in [9.17, 15) is 4.79 Å². The summed E-state index contributed by atoms with van der Waals surface area (Å²) in [7, 11) is 0. The zero-order valence-electron chi connectivity index (χ0n) is 13.1. The lowest BCUT2D eigenvalue weighted by molar-refractivity contribution is -0.133. The molecule has 0 radical (unpaired) electrons. The van der Waals surface area contributed by atoms with Gasteiger partial charge in [-0.2, -0.15) is 0 Å². The van der Waals surface area contributed by atoms with Gasteiger partial charge in [-0.15, -0.1) is 0 Å². The number of morpholine rings is 1. The van der Waals surface area contributed by atoms with Crippen LogP contribution >= 0.6 is 0 Å². The smallest absolute Gasteiger partial charge is 0.236 e. The van der Waals surface area contributed by atoms with Crippen LogP contribution in [-0.4, -0.2) is 60.0 Å². The van der Waals surface area contributed by atoms with Crippen LogP contribution in [0, 0.1) is 6.92 Å². The molecule has 6 heteroatoms. The summed E-state index contributed by atoms with van der Waals surface area (Å²) in [5, 5.41) is 0. The fourth-order valence-electron chi connectivity index (χ4n) is 3.17. The van der Waals surface area contributed by atoms with Gasteiger partial charge in [-0.05, 0) is 31.9 Å². The lowest BCUT2D eigenvalue weighted by Gasteiger charge is -2.33. The molecule has 1 aromatic heterocycles. The normalized spacial score (nSPS) is 23.0. The summed E-state index contributed by atoms with van der Waals surface area (Å²) in [6.45, 7) is 6.31. The Kier molecular flexibility index (Phi) is 4.59. The van der Waals surface area contributed by atoms with Crippen molar-refractivity contribution in [3.63, 3.8) is 0 Å². The van der Waals surface area contributed by atoms with Gasteiger partial charge in [-0.1, -0.05) is 0 Å². The second kappa shape index (κ2) is 6.62. The van der Waals surface area contributed by atoms with E-state index >= 15 is 0 Å². The van der Waals surface area contributed by atoms with Gasteiger partial charge in [0.05, 0.1) is 18.8 Å². The fourth-order valence-corrected chi connectivity index (χ4v) is 3.17. The van der Waals surface area contributed by atoms with Crippen molar-refractivity contribution in [2.24, 2.45) is 0 Å². The Bertz CT molecular complexity index is 523. The van der Waals surface area contributed by atoms with Crippen LogP contribution in [0.1, 0.15) is 30.3 Å². The largest absolute Gasteiger partial charge is 0.399 e. The molecule has 0 saturated carbocycles. The Hall–Kier alpha value is -1.66. The molecule has 2 aliphatic rings. The third kappa shape index (κ3) is 3.56. The van der Waals surface area contributed by atoms with Gasteiger partial charge in [0.25, 0.3) is 0 Å². The molecule has 0 bridgehead atoms. The molecule has 0 spiro atoms. The summed E-state index contributed by atoms with van der Waals surface area (Å²) in [5.41, 5.74) is 8.35. The average Bonchev–Trinajstić information content (AvgIpc) is 3.01. The third-order valence-corrected chi connectivity index (χ3v) is 4.29. The van der Waals surface area contributed by atoms with E-state index in [4.69, 9.17) is 10.5 Å². The van der Waals surface area contributed by atoms with Crippen LogP contribution in [0.3, 0.4) is 0 Å². The Labute approximate surface area is 131 Å². The minimum Gasteiger partial charge on any atom is -0.399 e. The first-order valence-electron chi connectivity index (χ1n) is 7.97. The Morgan fingerprint density at radius 1 is 1.36 bits per heavy atom. The van der Waals surface area contributed by atoms with Crippen molar-refractivity contribution in [3.05, 3.63) is 23.5 Å². The fraction of sp³-hybridized carbons (Fsp3) is 0.625. The maximum atomic E-state index is 12.3. The van der Waals surface area contributed by atoms with Crippen molar-refractivity contribution in [2.45, 2.75) is 25.9 Å². The van der Waals surface area contributed by atoms with Crippen LogP contribution in [0.5, 0.6) is 0 Å². The van der Waals surface area contributed by atoms with Crippen LogP contribution < -0.4 is 5.73 Å². The highest BCUT2D eigenvalue weighted by molar-refractivity contribution is 5.78. The van der Waals surface area contributed by atoms with Crippen LogP contribution in [-0.2, 0) is 9.53 Å². The Morgan fingerprint density at radius 3 is 2.86 bits per heavy atom. The van der Waals surface area contributed by atoms with E-state index < -0.39 is 0 Å². The van der Waals surface area contributed by atoms with Gasteiger partial charge < -0.3 is 15.4 Å². The molecule has 1 amide bonds. The molecule has 2 saturated heterocycles. The molecule has 2 fully saturated rings. The zero-order chi connectivity index (χ0) is 15.5. The van der Waals surface area contributed by atoms with Gasteiger partial charge in [0, 0.05) is 37.6 Å². The molecule has 3 heterocycles. The van der Waals surface area contributed by atoms with E-state index in [0.717, 1.165) is 43.9 Å². The van der Waals surface area contributed by atoms with E-state index in [2.05, 4.69) is 9.88 Å². The summed E-state index contributed by atoms with van der Waals surface area (Å²) in [6.07, 6.45) is 2.15. The highest BCUT2D eigenvalue weighted by Crippen LogP contribution is 2.23. The van der Waals surface area contributed by atoms with Crippen LogP contribution in [0.4, 0.5) is 5.69 Å². The quantitative estimate of drug-likeness (QED) is 0.901. The van der Waals surface area contributed by atoms with E-state index in [1.165, 1.54) is 0 Å². The van der Waals surface area contributed by atoms with Gasteiger partial charge >= 0.3 is 0 Å². The Morgan fingerprint density at radius 2 is 2.14 bits per heavy atom. The number of hydrogen-bond donors (Lipinski definition) is 1. The number of rotatable bonds is 3. The number of carbonyl (C=O) groups excluding carboxylic acids is 1. The number of amides is 1. The molecule has 6 nitrogen and oxygen atoms in total. The van der Waals surface area contributed by atoms with Gasteiger partial charge in [-0.25, -0.2) is 0 Å².